The molecule has 2 aromatic heterocycles. The lowest BCUT2D eigenvalue weighted by Gasteiger charge is -2.13. The lowest BCUT2D eigenvalue weighted by Crippen LogP contribution is -2.10. The van der Waals surface area contributed by atoms with Crippen LogP contribution in [0, 0.1) is 20.8 Å². The topological polar surface area (TPSA) is 52.0 Å². The van der Waals surface area contributed by atoms with Crippen LogP contribution in [-0.4, -0.2) is 28.9 Å². The number of pyridine rings is 1. The molecule has 2 aromatic rings. The Balaban J connectivity index is 2.31. The summed E-state index contributed by atoms with van der Waals surface area (Å²) in [6.07, 6.45) is 3.76. The summed E-state index contributed by atoms with van der Waals surface area (Å²) in [6.45, 7) is 7.63. The second-order valence-electron chi connectivity index (χ2n) is 4.99. The number of aryl methyl sites for hydroxylation is 1. The highest BCUT2D eigenvalue weighted by atomic mass is 16.5. The Bertz CT molecular complexity index is 604. The normalized spacial score (nSPS) is 10.8. The van der Waals surface area contributed by atoms with Gasteiger partial charge < -0.3 is 10.1 Å². The van der Waals surface area contributed by atoms with Crippen molar-refractivity contribution in [2.75, 3.05) is 14.2 Å². The van der Waals surface area contributed by atoms with Crippen molar-refractivity contribution in [2.45, 2.75) is 33.9 Å². The van der Waals surface area contributed by atoms with Crippen molar-refractivity contribution in [1.29, 1.82) is 0 Å². The smallest absolute Gasteiger partial charge is 0.128 e. The number of nitrogens with one attached hydrogen (secondary N) is 1. The van der Waals surface area contributed by atoms with Gasteiger partial charge in [-0.2, -0.15) is 5.10 Å². The van der Waals surface area contributed by atoms with Crippen LogP contribution in [0.4, 0.5) is 0 Å². The first kappa shape index (κ1) is 14.5. The summed E-state index contributed by atoms with van der Waals surface area (Å²) in [6, 6.07) is 0. The van der Waals surface area contributed by atoms with Gasteiger partial charge in [0.25, 0.3) is 0 Å². The minimum absolute atomic E-state index is 0.665. The van der Waals surface area contributed by atoms with E-state index in [1.165, 1.54) is 11.3 Å². The van der Waals surface area contributed by atoms with E-state index in [-0.39, 0.29) is 0 Å². The van der Waals surface area contributed by atoms with Gasteiger partial charge in [0.15, 0.2) is 0 Å². The Morgan fingerprint density at radius 1 is 1.25 bits per heavy atom. The van der Waals surface area contributed by atoms with Crippen LogP contribution in [0.1, 0.15) is 28.1 Å². The lowest BCUT2D eigenvalue weighted by molar-refractivity contribution is 0.406. The van der Waals surface area contributed by atoms with Crippen LogP contribution >= 0.6 is 0 Å². The fraction of sp³-hybridized carbons (Fsp3) is 0.467. The molecule has 20 heavy (non-hydrogen) atoms. The van der Waals surface area contributed by atoms with E-state index in [2.05, 4.69) is 22.3 Å². The third kappa shape index (κ3) is 2.67. The molecule has 5 nitrogen and oxygen atoms in total. The first-order chi connectivity index (χ1) is 9.58. The molecule has 0 aromatic carbocycles. The van der Waals surface area contributed by atoms with Gasteiger partial charge in [0, 0.05) is 35.1 Å². The molecule has 2 rings (SSSR count). The predicted molar refractivity (Wildman–Crippen MR) is 79.1 cm³/mol. The molecule has 0 atom stereocenters. The van der Waals surface area contributed by atoms with Crippen LogP contribution in [0.3, 0.4) is 0 Å². The second-order valence-corrected chi connectivity index (χ2v) is 4.99. The largest absolute Gasteiger partial charge is 0.496 e. The average Bonchev–Trinajstić information content (AvgIpc) is 2.76. The Labute approximate surface area is 120 Å². The number of ether oxygens (including phenoxy) is 1. The van der Waals surface area contributed by atoms with Crippen LogP contribution in [0.2, 0.25) is 0 Å². The summed E-state index contributed by atoms with van der Waals surface area (Å²) >= 11 is 0. The zero-order chi connectivity index (χ0) is 14.7. The molecule has 0 saturated heterocycles. The van der Waals surface area contributed by atoms with E-state index in [0.29, 0.717) is 6.54 Å². The monoisotopic (exact) mass is 274 g/mol. The number of aromatic nitrogens is 3. The van der Waals surface area contributed by atoms with E-state index in [1.54, 1.807) is 7.11 Å². The third-order valence-electron chi connectivity index (χ3n) is 3.62. The van der Waals surface area contributed by atoms with Crippen molar-refractivity contribution >= 4 is 0 Å². The maximum atomic E-state index is 5.45. The molecule has 0 aliphatic rings. The number of nitrogens with zero attached hydrogens (tertiary/aromatic N) is 3. The SMILES string of the molecule is CNCc1cnn(Cc2ncc(C)c(OC)c2C)c1C. The number of hydrogen-bond acceptors (Lipinski definition) is 4. The van der Waals surface area contributed by atoms with Gasteiger partial charge in [0.2, 0.25) is 0 Å². The maximum Gasteiger partial charge on any atom is 0.128 e. The number of rotatable bonds is 5. The standard InChI is InChI=1S/C15H22N4O/c1-10-6-17-14(11(2)15(10)20-5)9-19-12(3)13(7-16-4)8-18-19/h6,8,16H,7,9H2,1-5H3. The van der Waals surface area contributed by atoms with Crippen molar-refractivity contribution in [1.82, 2.24) is 20.1 Å². The molecule has 0 radical (unpaired) electrons. The summed E-state index contributed by atoms with van der Waals surface area (Å²) in [5, 5.41) is 7.59. The summed E-state index contributed by atoms with van der Waals surface area (Å²) in [5.74, 6) is 0.912. The molecular weight excluding hydrogens is 252 g/mol. The van der Waals surface area contributed by atoms with Crippen LogP contribution in [-0.2, 0) is 13.1 Å². The van der Waals surface area contributed by atoms with E-state index in [0.717, 1.165) is 29.1 Å². The van der Waals surface area contributed by atoms with Gasteiger partial charge in [-0.25, -0.2) is 0 Å². The Morgan fingerprint density at radius 3 is 2.65 bits per heavy atom. The minimum atomic E-state index is 0.665. The summed E-state index contributed by atoms with van der Waals surface area (Å²) in [7, 11) is 3.64. The number of hydrogen-bond donors (Lipinski definition) is 1. The maximum absolute atomic E-state index is 5.45. The first-order valence-corrected chi connectivity index (χ1v) is 6.73. The van der Waals surface area contributed by atoms with Gasteiger partial charge in [-0.1, -0.05) is 0 Å². The number of methoxy groups -OCH3 is 1. The van der Waals surface area contributed by atoms with Gasteiger partial charge in [-0.3, -0.25) is 9.67 Å². The summed E-state index contributed by atoms with van der Waals surface area (Å²) in [5.41, 5.74) is 5.51. The molecule has 0 amide bonds. The van der Waals surface area contributed by atoms with Crippen LogP contribution in [0.5, 0.6) is 5.75 Å². The van der Waals surface area contributed by atoms with Crippen molar-refractivity contribution < 1.29 is 4.74 Å². The molecule has 0 fully saturated rings. The van der Waals surface area contributed by atoms with Crippen molar-refractivity contribution in [3.63, 3.8) is 0 Å². The van der Waals surface area contributed by atoms with Gasteiger partial charge in [0.05, 0.1) is 25.5 Å². The van der Waals surface area contributed by atoms with E-state index in [9.17, 15) is 0 Å². The summed E-state index contributed by atoms with van der Waals surface area (Å²) < 4.78 is 7.43. The fourth-order valence-corrected chi connectivity index (χ4v) is 2.38. The average molecular weight is 274 g/mol. The van der Waals surface area contributed by atoms with Gasteiger partial charge in [-0.05, 0) is 27.8 Å². The quantitative estimate of drug-likeness (QED) is 0.906. The van der Waals surface area contributed by atoms with E-state index >= 15 is 0 Å². The fourth-order valence-electron chi connectivity index (χ4n) is 2.38. The molecule has 0 aliphatic heterocycles. The molecule has 1 N–H and O–H groups in total. The Hall–Kier alpha value is -1.88. The van der Waals surface area contributed by atoms with Crippen LogP contribution in [0.15, 0.2) is 12.4 Å². The highest BCUT2D eigenvalue weighted by molar-refractivity contribution is 5.41. The van der Waals surface area contributed by atoms with Gasteiger partial charge in [0.1, 0.15) is 5.75 Å². The second kappa shape index (κ2) is 6.05. The van der Waals surface area contributed by atoms with E-state index < -0.39 is 0 Å². The molecule has 0 unspecified atom stereocenters. The van der Waals surface area contributed by atoms with E-state index in [4.69, 9.17) is 4.74 Å². The highest BCUT2D eigenvalue weighted by Crippen LogP contribution is 2.24. The molecule has 0 bridgehead atoms. The molecule has 108 valence electrons. The predicted octanol–water partition coefficient (Wildman–Crippen LogP) is 1.98. The van der Waals surface area contributed by atoms with E-state index in [1.807, 2.05) is 38.0 Å². The molecular formula is C15H22N4O. The summed E-state index contributed by atoms with van der Waals surface area (Å²) in [4.78, 5) is 4.52. The molecule has 0 spiro atoms. The molecule has 0 saturated carbocycles. The Morgan fingerprint density at radius 2 is 2.00 bits per heavy atom. The van der Waals surface area contributed by atoms with Gasteiger partial charge in [-0.15, -0.1) is 0 Å². The third-order valence-corrected chi connectivity index (χ3v) is 3.62. The van der Waals surface area contributed by atoms with Crippen LogP contribution < -0.4 is 10.1 Å². The minimum Gasteiger partial charge on any atom is -0.496 e. The molecule has 5 heteroatoms. The van der Waals surface area contributed by atoms with Crippen molar-refractivity contribution in [3.8, 4) is 5.75 Å². The Kier molecular flexibility index (Phi) is 4.39. The van der Waals surface area contributed by atoms with Crippen molar-refractivity contribution in [2.24, 2.45) is 0 Å². The lowest BCUT2D eigenvalue weighted by atomic mass is 10.1. The first-order valence-electron chi connectivity index (χ1n) is 6.73. The van der Waals surface area contributed by atoms with Crippen LogP contribution in [0.25, 0.3) is 0 Å². The zero-order valence-electron chi connectivity index (χ0n) is 12.8. The molecule has 0 aliphatic carbocycles. The highest BCUT2D eigenvalue weighted by Gasteiger charge is 2.12. The zero-order valence-corrected chi connectivity index (χ0v) is 12.8. The van der Waals surface area contributed by atoms with Gasteiger partial charge >= 0.3 is 0 Å². The molecule has 2 heterocycles. The van der Waals surface area contributed by atoms with Crippen molar-refractivity contribution in [3.05, 3.63) is 40.5 Å².